The molecule has 100 valence electrons. The minimum atomic E-state index is -0.536. The Morgan fingerprint density at radius 2 is 2.00 bits per heavy atom. The van der Waals surface area contributed by atoms with Gasteiger partial charge in [-0.05, 0) is 24.3 Å². The highest BCUT2D eigenvalue weighted by atomic mass is 16.5. The second-order valence-electron chi connectivity index (χ2n) is 4.50. The van der Waals surface area contributed by atoms with Gasteiger partial charge in [0.1, 0.15) is 5.82 Å². The van der Waals surface area contributed by atoms with E-state index in [1.165, 1.54) is 0 Å². The van der Waals surface area contributed by atoms with Crippen molar-refractivity contribution in [2.24, 2.45) is 7.05 Å². The second kappa shape index (κ2) is 4.79. The maximum absolute atomic E-state index is 11.5. The number of rotatable bonds is 2. The van der Waals surface area contributed by atoms with Crippen LogP contribution in [0, 0.1) is 0 Å². The highest BCUT2D eigenvalue weighted by Gasteiger charge is 2.11. The molecule has 2 aromatic carbocycles. The average Bonchev–Trinajstić information content (AvgIpc) is 2.84. The third-order valence-corrected chi connectivity index (χ3v) is 3.27. The zero-order valence-electron chi connectivity index (χ0n) is 10.9. The Bertz CT molecular complexity index is 793. The highest BCUT2D eigenvalue weighted by Crippen LogP contribution is 2.24. The molecule has 5 nitrogen and oxygen atoms in total. The molecule has 0 saturated carbocycles. The minimum absolute atomic E-state index is 0.386. The summed E-state index contributed by atoms with van der Waals surface area (Å²) in [7, 11) is 1.93. The second-order valence-corrected chi connectivity index (χ2v) is 4.50. The van der Waals surface area contributed by atoms with E-state index in [4.69, 9.17) is 5.21 Å². The predicted molar refractivity (Wildman–Crippen MR) is 75.4 cm³/mol. The summed E-state index contributed by atoms with van der Waals surface area (Å²) in [5.41, 5.74) is 4.78. The molecule has 2 N–H and O–H groups in total. The number of para-hydroxylation sites is 2. The Balaban J connectivity index is 2.16. The molecular weight excluding hydrogens is 254 g/mol. The third-order valence-electron chi connectivity index (χ3n) is 3.27. The number of fused-ring (bicyclic) bond motifs is 1. The molecule has 1 aromatic heterocycles. The molecule has 0 fully saturated rings. The molecule has 0 atom stereocenters. The lowest BCUT2D eigenvalue weighted by Crippen LogP contribution is -2.18. The van der Waals surface area contributed by atoms with E-state index in [2.05, 4.69) is 4.98 Å². The zero-order chi connectivity index (χ0) is 14.1. The van der Waals surface area contributed by atoms with Crippen molar-refractivity contribution in [1.82, 2.24) is 15.0 Å². The van der Waals surface area contributed by atoms with Crippen LogP contribution in [-0.4, -0.2) is 20.7 Å². The van der Waals surface area contributed by atoms with Gasteiger partial charge in [0.25, 0.3) is 5.91 Å². The summed E-state index contributed by atoms with van der Waals surface area (Å²) in [5.74, 6) is 0.240. The van der Waals surface area contributed by atoms with Crippen LogP contribution in [0.5, 0.6) is 0 Å². The average molecular weight is 267 g/mol. The Morgan fingerprint density at radius 3 is 2.75 bits per heavy atom. The van der Waals surface area contributed by atoms with E-state index in [0.717, 1.165) is 22.4 Å². The molecule has 5 heteroatoms. The molecular formula is C15H13N3O2. The van der Waals surface area contributed by atoms with E-state index >= 15 is 0 Å². The van der Waals surface area contributed by atoms with Crippen molar-refractivity contribution >= 4 is 16.9 Å². The van der Waals surface area contributed by atoms with Gasteiger partial charge in [-0.25, -0.2) is 10.5 Å². The molecule has 0 aliphatic heterocycles. The number of imidazole rings is 1. The van der Waals surface area contributed by atoms with Crippen LogP contribution in [0.15, 0.2) is 48.5 Å². The summed E-state index contributed by atoms with van der Waals surface area (Å²) in [5, 5.41) is 8.70. The summed E-state index contributed by atoms with van der Waals surface area (Å²) in [6, 6.07) is 14.8. The number of aromatic nitrogens is 2. The van der Waals surface area contributed by atoms with E-state index in [9.17, 15) is 4.79 Å². The Hall–Kier alpha value is -2.66. The first-order valence-electron chi connectivity index (χ1n) is 6.17. The molecule has 0 aliphatic carbocycles. The lowest BCUT2D eigenvalue weighted by Gasteiger charge is -2.04. The van der Waals surface area contributed by atoms with Crippen LogP contribution in [0.1, 0.15) is 10.4 Å². The Morgan fingerprint density at radius 1 is 1.20 bits per heavy atom. The molecule has 0 radical (unpaired) electrons. The van der Waals surface area contributed by atoms with E-state index in [1.54, 1.807) is 23.7 Å². The lowest BCUT2D eigenvalue weighted by atomic mass is 10.1. The van der Waals surface area contributed by atoms with E-state index in [1.807, 2.05) is 41.9 Å². The molecule has 3 rings (SSSR count). The SMILES string of the molecule is Cn1c(-c2cccc(C(=O)NO)c2)nc2ccccc21. The zero-order valence-corrected chi connectivity index (χ0v) is 10.9. The molecule has 3 aromatic rings. The smallest absolute Gasteiger partial charge is 0.274 e. The van der Waals surface area contributed by atoms with Gasteiger partial charge in [0.15, 0.2) is 0 Å². The molecule has 1 heterocycles. The summed E-state index contributed by atoms with van der Waals surface area (Å²) >= 11 is 0. The fraction of sp³-hybridized carbons (Fsp3) is 0.0667. The van der Waals surface area contributed by atoms with Gasteiger partial charge < -0.3 is 4.57 Å². The fourth-order valence-corrected chi connectivity index (χ4v) is 2.27. The molecule has 0 saturated heterocycles. The van der Waals surface area contributed by atoms with E-state index < -0.39 is 5.91 Å². The lowest BCUT2D eigenvalue weighted by molar-refractivity contribution is 0.0706. The van der Waals surface area contributed by atoms with Gasteiger partial charge in [-0.3, -0.25) is 10.0 Å². The van der Waals surface area contributed by atoms with Gasteiger partial charge in [-0.15, -0.1) is 0 Å². The van der Waals surface area contributed by atoms with Crippen molar-refractivity contribution in [3.63, 3.8) is 0 Å². The summed E-state index contributed by atoms with van der Waals surface area (Å²) in [4.78, 5) is 16.0. The Kier molecular flexibility index (Phi) is 2.96. The number of nitrogens with one attached hydrogen (secondary N) is 1. The van der Waals surface area contributed by atoms with Crippen molar-refractivity contribution in [3.05, 3.63) is 54.1 Å². The molecule has 1 amide bonds. The van der Waals surface area contributed by atoms with Crippen molar-refractivity contribution < 1.29 is 10.0 Å². The number of carbonyl (C=O) groups is 1. The topological polar surface area (TPSA) is 67.2 Å². The van der Waals surface area contributed by atoms with Gasteiger partial charge in [0.2, 0.25) is 0 Å². The number of nitrogens with zero attached hydrogens (tertiary/aromatic N) is 2. The molecule has 0 bridgehead atoms. The van der Waals surface area contributed by atoms with Crippen molar-refractivity contribution in [1.29, 1.82) is 0 Å². The standard InChI is InChI=1S/C15H13N3O2/c1-18-13-8-3-2-7-12(13)16-14(18)10-5-4-6-11(9-10)15(19)17-20/h2-9,20H,1H3,(H,17,19). The van der Waals surface area contributed by atoms with Crippen LogP contribution in [-0.2, 0) is 7.05 Å². The number of carbonyl (C=O) groups excluding carboxylic acids is 1. The van der Waals surface area contributed by atoms with Crippen LogP contribution in [0.2, 0.25) is 0 Å². The number of amides is 1. The van der Waals surface area contributed by atoms with Crippen LogP contribution in [0.3, 0.4) is 0 Å². The molecule has 0 spiro atoms. The van der Waals surface area contributed by atoms with Crippen molar-refractivity contribution in [2.45, 2.75) is 0 Å². The monoisotopic (exact) mass is 267 g/mol. The van der Waals surface area contributed by atoms with Gasteiger partial charge in [0.05, 0.1) is 11.0 Å². The molecule has 0 aliphatic rings. The maximum atomic E-state index is 11.5. The summed E-state index contributed by atoms with van der Waals surface area (Å²) in [6.07, 6.45) is 0. The first-order valence-corrected chi connectivity index (χ1v) is 6.17. The van der Waals surface area contributed by atoms with Crippen LogP contribution in [0.25, 0.3) is 22.4 Å². The quantitative estimate of drug-likeness (QED) is 0.553. The van der Waals surface area contributed by atoms with Crippen LogP contribution in [0.4, 0.5) is 0 Å². The van der Waals surface area contributed by atoms with Crippen LogP contribution < -0.4 is 5.48 Å². The number of hydroxylamine groups is 1. The van der Waals surface area contributed by atoms with Crippen LogP contribution >= 0.6 is 0 Å². The number of hydrogen-bond donors (Lipinski definition) is 2. The normalized spacial score (nSPS) is 10.7. The van der Waals surface area contributed by atoms with Gasteiger partial charge in [-0.2, -0.15) is 0 Å². The number of hydrogen-bond acceptors (Lipinski definition) is 3. The van der Waals surface area contributed by atoms with E-state index in [-0.39, 0.29) is 0 Å². The molecule has 20 heavy (non-hydrogen) atoms. The molecule has 0 unspecified atom stereocenters. The first kappa shape index (κ1) is 12.4. The largest absolute Gasteiger partial charge is 0.327 e. The highest BCUT2D eigenvalue weighted by molar-refractivity contribution is 5.94. The van der Waals surface area contributed by atoms with Crippen molar-refractivity contribution in [3.8, 4) is 11.4 Å². The van der Waals surface area contributed by atoms with Crippen molar-refractivity contribution in [2.75, 3.05) is 0 Å². The number of benzene rings is 2. The summed E-state index contributed by atoms with van der Waals surface area (Å²) < 4.78 is 1.98. The van der Waals surface area contributed by atoms with Gasteiger partial charge in [0, 0.05) is 18.2 Å². The maximum Gasteiger partial charge on any atom is 0.274 e. The summed E-state index contributed by atoms with van der Waals surface area (Å²) in [6.45, 7) is 0. The Labute approximate surface area is 115 Å². The van der Waals surface area contributed by atoms with Gasteiger partial charge >= 0.3 is 0 Å². The number of aryl methyl sites for hydroxylation is 1. The minimum Gasteiger partial charge on any atom is -0.327 e. The van der Waals surface area contributed by atoms with Gasteiger partial charge in [-0.1, -0.05) is 24.3 Å². The fourth-order valence-electron chi connectivity index (χ4n) is 2.27. The predicted octanol–water partition coefficient (Wildman–Crippen LogP) is 2.36. The van der Waals surface area contributed by atoms with E-state index in [0.29, 0.717) is 5.56 Å². The third kappa shape index (κ3) is 1.94. The first-order chi connectivity index (χ1) is 9.70.